The quantitative estimate of drug-likeness (QED) is 0.563. The average Bonchev–Trinajstić information content (AvgIpc) is 3.32. The molecular formula is C28H33N5O2. The van der Waals surface area contributed by atoms with E-state index in [0.717, 1.165) is 79.9 Å². The van der Waals surface area contributed by atoms with Gasteiger partial charge in [0.15, 0.2) is 0 Å². The lowest BCUT2D eigenvalue weighted by atomic mass is 9.78. The lowest BCUT2D eigenvalue weighted by Crippen LogP contribution is -2.44. The Morgan fingerprint density at radius 3 is 2.57 bits per heavy atom. The van der Waals surface area contributed by atoms with E-state index in [1.165, 1.54) is 5.56 Å². The average molecular weight is 472 g/mol. The Morgan fingerprint density at radius 2 is 1.86 bits per heavy atom. The van der Waals surface area contributed by atoms with Gasteiger partial charge in [-0.2, -0.15) is 5.26 Å². The van der Waals surface area contributed by atoms with Crippen molar-refractivity contribution in [1.82, 2.24) is 9.88 Å². The smallest absolute Gasteiger partial charge is 0.227 e. The van der Waals surface area contributed by atoms with Crippen LogP contribution in [0.2, 0.25) is 0 Å². The molecule has 0 bridgehead atoms. The fourth-order valence-electron chi connectivity index (χ4n) is 5.52. The number of piperazine rings is 1. The van der Waals surface area contributed by atoms with Crippen LogP contribution in [0, 0.1) is 17.2 Å². The van der Waals surface area contributed by atoms with E-state index in [2.05, 4.69) is 39.4 Å². The molecule has 7 heteroatoms. The zero-order valence-electron chi connectivity index (χ0n) is 20.5. The first-order chi connectivity index (χ1) is 17.1. The van der Waals surface area contributed by atoms with Crippen molar-refractivity contribution in [1.29, 1.82) is 5.26 Å². The molecular weight excluding hydrogens is 438 g/mol. The zero-order valence-corrected chi connectivity index (χ0v) is 20.5. The SMILES string of the molecule is COc1ccc(NC(=O)C2CCC(c3c[nH]c4ccc(C#N)cc34)CC2)cc1N1CCN(C)CC1. The Hall–Kier alpha value is -3.50. The molecule has 1 saturated carbocycles. The van der Waals surface area contributed by atoms with E-state index in [4.69, 9.17) is 4.74 Å². The van der Waals surface area contributed by atoms with Crippen molar-refractivity contribution in [3.63, 3.8) is 0 Å². The molecule has 2 fully saturated rings. The Labute approximate surface area is 206 Å². The van der Waals surface area contributed by atoms with Crippen molar-refractivity contribution in [2.75, 3.05) is 50.6 Å². The highest BCUT2D eigenvalue weighted by Gasteiger charge is 2.29. The van der Waals surface area contributed by atoms with Crippen LogP contribution in [0.25, 0.3) is 10.9 Å². The van der Waals surface area contributed by atoms with E-state index in [1.54, 1.807) is 7.11 Å². The molecule has 182 valence electrons. The number of hydrogen-bond acceptors (Lipinski definition) is 5. The van der Waals surface area contributed by atoms with Crippen LogP contribution in [-0.2, 0) is 4.79 Å². The summed E-state index contributed by atoms with van der Waals surface area (Å²) in [6.45, 7) is 3.91. The van der Waals surface area contributed by atoms with E-state index in [-0.39, 0.29) is 11.8 Å². The molecule has 35 heavy (non-hydrogen) atoms. The van der Waals surface area contributed by atoms with Gasteiger partial charge in [-0.3, -0.25) is 4.79 Å². The third-order valence-electron chi connectivity index (χ3n) is 7.67. The summed E-state index contributed by atoms with van der Waals surface area (Å²) in [4.78, 5) is 21.1. The number of hydrogen-bond donors (Lipinski definition) is 2. The second kappa shape index (κ2) is 10.0. The first-order valence-electron chi connectivity index (χ1n) is 12.5. The Balaban J connectivity index is 1.23. The molecule has 0 atom stereocenters. The number of nitrogens with zero attached hydrogens (tertiary/aromatic N) is 3. The maximum absolute atomic E-state index is 13.1. The minimum absolute atomic E-state index is 0.0142. The number of rotatable bonds is 5. The first-order valence-corrected chi connectivity index (χ1v) is 12.5. The predicted octanol–water partition coefficient (Wildman–Crippen LogP) is 4.71. The van der Waals surface area contributed by atoms with Gasteiger partial charge in [-0.25, -0.2) is 0 Å². The number of methoxy groups -OCH3 is 1. The van der Waals surface area contributed by atoms with Crippen LogP contribution in [0.15, 0.2) is 42.6 Å². The van der Waals surface area contributed by atoms with Crippen LogP contribution in [0.3, 0.4) is 0 Å². The lowest BCUT2D eigenvalue weighted by molar-refractivity contribution is -0.120. The first kappa shape index (κ1) is 23.3. The molecule has 2 aliphatic rings. The molecule has 5 rings (SSSR count). The molecule has 0 spiro atoms. The van der Waals surface area contributed by atoms with Crippen LogP contribution < -0.4 is 15.0 Å². The number of nitriles is 1. The molecule has 1 aliphatic carbocycles. The summed E-state index contributed by atoms with van der Waals surface area (Å²) in [5, 5.41) is 13.6. The van der Waals surface area contributed by atoms with Crippen molar-refractivity contribution >= 4 is 28.2 Å². The van der Waals surface area contributed by atoms with Gasteiger partial charge in [0.25, 0.3) is 0 Å². The van der Waals surface area contributed by atoms with Crippen LogP contribution in [-0.4, -0.2) is 56.1 Å². The minimum atomic E-state index is 0.0142. The number of carbonyl (C=O) groups excluding carboxylic acids is 1. The molecule has 3 aromatic rings. The zero-order chi connectivity index (χ0) is 24.4. The molecule has 1 saturated heterocycles. The monoisotopic (exact) mass is 471 g/mol. The molecule has 0 unspecified atom stereocenters. The highest BCUT2D eigenvalue weighted by atomic mass is 16.5. The van der Waals surface area contributed by atoms with Crippen LogP contribution >= 0.6 is 0 Å². The molecule has 2 aromatic carbocycles. The summed E-state index contributed by atoms with van der Waals surface area (Å²) >= 11 is 0. The number of benzene rings is 2. The summed E-state index contributed by atoms with van der Waals surface area (Å²) in [6, 6.07) is 14.0. The molecule has 7 nitrogen and oxygen atoms in total. The largest absolute Gasteiger partial charge is 0.495 e. The van der Waals surface area contributed by atoms with Crippen molar-refractivity contribution in [2.45, 2.75) is 31.6 Å². The molecule has 2 N–H and O–H groups in total. The number of anilines is 2. The van der Waals surface area contributed by atoms with Gasteiger partial charge in [0.2, 0.25) is 5.91 Å². The van der Waals surface area contributed by atoms with E-state index >= 15 is 0 Å². The van der Waals surface area contributed by atoms with Gasteiger partial charge < -0.3 is 24.8 Å². The van der Waals surface area contributed by atoms with Gasteiger partial charge >= 0.3 is 0 Å². The Kier molecular flexibility index (Phi) is 6.65. The Morgan fingerprint density at radius 1 is 1.09 bits per heavy atom. The second-order valence-corrected chi connectivity index (χ2v) is 9.83. The highest BCUT2D eigenvalue weighted by molar-refractivity contribution is 5.93. The third-order valence-corrected chi connectivity index (χ3v) is 7.67. The van der Waals surface area contributed by atoms with Crippen molar-refractivity contribution in [3.8, 4) is 11.8 Å². The number of carbonyl (C=O) groups is 1. The highest BCUT2D eigenvalue weighted by Crippen LogP contribution is 2.39. The number of ether oxygens (including phenoxy) is 1. The maximum Gasteiger partial charge on any atom is 0.227 e. The van der Waals surface area contributed by atoms with E-state index < -0.39 is 0 Å². The third kappa shape index (κ3) is 4.85. The summed E-state index contributed by atoms with van der Waals surface area (Å²) in [5.74, 6) is 1.36. The summed E-state index contributed by atoms with van der Waals surface area (Å²) in [5.41, 5.74) is 4.88. The normalized spacial score (nSPS) is 21.0. The Bertz CT molecular complexity index is 1240. The van der Waals surface area contributed by atoms with Crippen LogP contribution in [0.5, 0.6) is 5.75 Å². The van der Waals surface area contributed by atoms with E-state index in [0.29, 0.717) is 11.5 Å². The van der Waals surface area contributed by atoms with Gasteiger partial charge in [-0.1, -0.05) is 0 Å². The van der Waals surface area contributed by atoms with E-state index in [9.17, 15) is 10.1 Å². The number of H-pyrrole nitrogens is 1. The number of fused-ring (bicyclic) bond motifs is 1. The van der Waals surface area contributed by atoms with Gasteiger partial charge in [-0.05, 0) is 80.6 Å². The van der Waals surface area contributed by atoms with Crippen LogP contribution in [0.1, 0.15) is 42.7 Å². The van der Waals surface area contributed by atoms with Crippen molar-refractivity contribution in [3.05, 3.63) is 53.7 Å². The van der Waals surface area contributed by atoms with Crippen molar-refractivity contribution in [2.24, 2.45) is 5.92 Å². The summed E-state index contributed by atoms with van der Waals surface area (Å²) in [7, 11) is 3.84. The second-order valence-electron chi connectivity index (χ2n) is 9.83. The number of likely N-dealkylation sites (N-methyl/N-ethyl adjacent to an activating group) is 1. The minimum Gasteiger partial charge on any atom is -0.495 e. The number of aromatic nitrogens is 1. The number of nitrogens with one attached hydrogen (secondary N) is 2. The summed E-state index contributed by atoms with van der Waals surface area (Å²) < 4.78 is 5.61. The van der Waals surface area contributed by atoms with Crippen molar-refractivity contribution < 1.29 is 9.53 Å². The predicted molar refractivity (Wildman–Crippen MR) is 139 cm³/mol. The fourth-order valence-corrected chi connectivity index (χ4v) is 5.52. The molecule has 2 heterocycles. The topological polar surface area (TPSA) is 84.4 Å². The van der Waals surface area contributed by atoms with Gasteiger partial charge in [0.1, 0.15) is 5.75 Å². The van der Waals surface area contributed by atoms with E-state index in [1.807, 2.05) is 36.4 Å². The van der Waals surface area contributed by atoms with Crippen LogP contribution in [0.4, 0.5) is 11.4 Å². The lowest BCUT2D eigenvalue weighted by Gasteiger charge is -2.35. The molecule has 0 radical (unpaired) electrons. The standard InChI is InChI=1S/C28H33N5O2/c1-32-11-13-33(14-12-32)26-16-22(8-10-27(26)35-2)31-28(34)21-6-4-20(5-7-21)24-18-30-25-9-3-19(17-29)15-23(24)25/h3,8-10,15-16,18,20-21,30H,4-7,11-14H2,1-2H3,(H,31,34). The fraction of sp³-hybridized carbons (Fsp3) is 0.429. The van der Waals surface area contributed by atoms with Gasteiger partial charge in [0, 0.05) is 54.9 Å². The molecule has 1 amide bonds. The van der Waals surface area contributed by atoms with Gasteiger partial charge in [-0.15, -0.1) is 0 Å². The molecule has 1 aliphatic heterocycles. The maximum atomic E-state index is 13.1. The van der Waals surface area contributed by atoms with Gasteiger partial charge in [0.05, 0.1) is 24.4 Å². The molecule has 1 aromatic heterocycles. The number of aromatic amines is 1. The summed E-state index contributed by atoms with van der Waals surface area (Å²) in [6.07, 6.45) is 5.74. The number of amides is 1.